The first-order valence-electron chi connectivity index (χ1n) is 9.69. The number of fused-ring (bicyclic) bond motifs is 1. The van der Waals surface area contributed by atoms with E-state index in [1.54, 1.807) is 71.9 Å². The number of ether oxygens (including phenoxy) is 1. The normalized spacial score (nSPS) is 12.5. The summed E-state index contributed by atoms with van der Waals surface area (Å²) in [5.74, 6) is -0.245. The van der Waals surface area contributed by atoms with Crippen LogP contribution in [0.15, 0.2) is 41.4 Å². The number of aliphatic imine (C=N–C) groups is 1. The second kappa shape index (κ2) is 9.22. The molecule has 0 aliphatic heterocycles. The van der Waals surface area contributed by atoms with E-state index >= 15 is 0 Å². The van der Waals surface area contributed by atoms with Crippen LogP contribution in [0.25, 0.3) is 10.8 Å². The molecule has 0 fully saturated rings. The van der Waals surface area contributed by atoms with Crippen molar-refractivity contribution in [2.45, 2.75) is 59.3 Å². The average Bonchev–Trinajstić information content (AvgIpc) is 2.62. The third-order valence-electron chi connectivity index (χ3n) is 3.69. The molecule has 0 unspecified atom stereocenters. The van der Waals surface area contributed by atoms with Crippen LogP contribution in [0, 0.1) is 0 Å². The quantitative estimate of drug-likeness (QED) is 0.318. The Morgan fingerprint density at radius 2 is 1.61 bits per heavy atom. The van der Waals surface area contributed by atoms with Crippen LogP contribution in [0.5, 0.6) is 5.75 Å². The fourth-order valence-corrected chi connectivity index (χ4v) is 2.45. The summed E-state index contributed by atoms with van der Waals surface area (Å²) in [4.78, 5) is 38.9. The zero-order valence-electron chi connectivity index (χ0n) is 18.6. The fourth-order valence-electron chi connectivity index (χ4n) is 2.45. The van der Waals surface area contributed by atoms with Crippen LogP contribution >= 0.6 is 0 Å². The van der Waals surface area contributed by atoms with E-state index in [4.69, 9.17) is 15.4 Å². The summed E-state index contributed by atoms with van der Waals surface area (Å²) in [5.41, 5.74) is 5.14. The molecule has 2 rings (SSSR count). The highest BCUT2D eigenvalue weighted by Crippen LogP contribution is 2.22. The van der Waals surface area contributed by atoms with Crippen molar-refractivity contribution in [1.82, 2.24) is 4.90 Å². The number of nitrogens with zero attached hydrogens (tertiary/aromatic N) is 2. The van der Waals surface area contributed by atoms with Crippen LogP contribution in [0.2, 0.25) is 0 Å². The zero-order chi connectivity index (χ0) is 23.4. The fraction of sp³-hybridized carbons (Fsp3) is 0.409. The molecule has 0 bridgehead atoms. The molecule has 0 atom stereocenters. The van der Waals surface area contributed by atoms with E-state index in [1.807, 2.05) is 6.07 Å². The molecule has 2 aromatic carbocycles. The van der Waals surface area contributed by atoms with Gasteiger partial charge >= 0.3 is 12.2 Å². The van der Waals surface area contributed by atoms with E-state index < -0.39 is 29.3 Å². The largest absolute Gasteiger partial charge is 0.508 e. The molecule has 2 aromatic rings. The van der Waals surface area contributed by atoms with Crippen LogP contribution < -0.4 is 5.73 Å². The maximum atomic E-state index is 12.7. The number of guanidine groups is 1. The van der Waals surface area contributed by atoms with Crippen molar-refractivity contribution >= 4 is 28.9 Å². The number of phenolic OH excluding ortho intramolecular Hbond substituents is 1. The number of benzene rings is 2. The number of hydrogen-bond donors (Lipinski definition) is 2. The number of carbonyl (C=O) groups is 2. The number of rotatable bonds is 3. The molecule has 0 radical (unpaired) electrons. The van der Waals surface area contributed by atoms with Gasteiger partial charge in [-0.05, 0) is 76.1 Å². The minimum Gasteiger partial charge on any atom is -0.508 e. The molecular formula is C22H29N3O6. The van der Waals surface area contributed by atoms with Crippen molar-refractivity contribution in [1.29, 1.82) is 0 Å². The Bertz CT molecular complexity index is 989. The van der Waals surface area contributed by atoms with Crippen molar-refractivity contribution in [2.24, 2.45) is 10.7 Å². The number of carbonyl (C=O) groups excluding carboxylic acids is 2. The van der Waals surface area contributed by atoms with E-state index in [1.165, 1.54) is 0 Å². The molecule has 9 nitrogen and oxygen atoms in total. The first kappa shape index (κ1) is 23.9. The topological polar surface area (TPSA) is 124 Å². The van der Waals surface area contributed by atoms with Gasteiger partial charge in [0.25, 0.3) is 0 Å². The lowest BCUT2D eigenvalue weighted by Gasteiger charge is -2.26. The Kier molecular flexibility index (Phi) is 7.12. The summed E-state index contributed by atoms with van der Waals surface area (Å²) in [6.07, 6.45) is -1.88. The Morgan fingerprint density at radius 3 is 2.23 bits per heavy atom. The highest BCUT2D eigenvalue weighted by Gasteiger charge is 2.26. The van der Waals surface area contributed by atoms with Crippen molar-refractivity contribution in [2.75, 3.05) is 0 Å². The number of amides is 2. The first-order valence-corrected chi connectivity index (χ1v) is 9.69. The molecule has 3 N–H and O–H groups in total. The molecule has 2 amide bonds. The van der Waals surface area contributed by atoms with E-state index in [9.17, 15) is 14.7 Å². The minimum atomic E-state index is -1.10. The lowest BCUT2D eigenvalue weighted by molar-refractivity contribution is -0.298. The Balaban J connectivity index is 2.29. The van der Waals surface area contributed by atoms with Gasteiger partial charge in [-0.15, -0.1) is 4.99 Å². The van der Waals surface area contributed by atoms with Gasteiger partial charge < -0.3 is 15.6 Å². The van der Waals surface area contributed by atoms with Crippen LogP contribution in [0.1, 0.15) is 47.1 Å². The van der Waals surface area contributed by atoms with Gasteiger partial charge in [0.05, 0.1) is 6.54 Å². The van der Waals surface area contributed by atoms with Crippen LogP contribution in [-0.2, 0) is 21.1 Å². The summed E-state index contributed by atoms with van der Waals surface area (Å²) in [6.45, 7) is 10.2. The molecule has 0 spiro atoms. The zero-order valence-corrected chi connectivity index (χ0v) is 18.6. The van der Waals surface area contributed by atoms with E-state index in [0.717, 1.165) is 15.7 Å². The second-order valence-corrected chi connectivity index (χ2v) is 8.95. The van der Waals surface area contributed by atoms with Crippen LogP contribution in [-0.4, -0.2) is 39.4 Å². The van der Waals surface area contributed by atoms with Gasteiger partial charge in [-0.2, -0.15) is 4.89 Å². The lowest BCUT2D eigenvalue weighted by atomic mass is 10.1. The maximum Gasteiger partial charge on any atom is 0.468 e. The summed E-state index contributed by atoms with van der Waals surface area (Å²) in [5, 5.41) is 11.3. The average molecular weight is 431 g/mol. The Hall–Kier alpha value is -3.33. The van der Waals surface area contributed by atoms with Gasteiger partial charge in [-0.1, -0.05) is 18.2 Å². The Morgan fingerprint density at radius 1 is 1.00 bits per heavy atom. The van der Waals surface area contributed by atoms with Crippen LogP contribution in [0.4, 0.5) is 9.59 Å². The van der Waals surface area contributed by atoms with Crippen molar-refractivity contribution in [3.8, 4) is 5.75 Å². The van der Waals surface area contributed by atoms with E-state index in [2.05, 4.69) is 9.88 Å². The molecule has 0 aromatic heterocycles. The summed E-state index contributed by atoms with van der Waals surface area (Å²) in [6, 6.07) is 10.4. The highest BCUT2D eigenvalue weighted by molar-refractivity contribution is 5.98. The van der Waals surface area contributed by atoms with Gasteiger partial charge in [0.15, 0.2) is 0 Å². The molecule has 0 aliphatic carbocycles. The first-order chi connectivity index (χ1) is 14.2. The van der Waals surface area contributed by atoms with E-state index in [-0.39, 0.29) is 12.3 Å². The van der Waals surface area contributed by atoms with Crippen molar-refractivity contribution < 1.29 is 29.2 Å². The predicted octanol–water partition coefficient (Wildman–Crippen LogP) is 4.46. The van der Waals surface area contributed by atoms with E-state index in [0.29, 0.717) is 5.56 Å². The predicted molar refractivity (Wildman–Crippen MR) is 116 cm³/mol. The van der Waals surface area contributed by atoms with Crippen LogP contribution in [0.3, 0.4) is 0 Å². The summed E-state index contributed by atoms with van der Waals surface area (Å²) < 4.78 is 5.40. The Labute approximate surface area is 181 Å². The minimum absolute atomic E-state index is 0.00549. The van der Waals surface area contributed by atoms with Gasteiger partial charge in [-0.25, -0.2) is 14.5 Å². The van der Waals surface area contributed by atoms with Gasteiger partial charge in [0, 0.05) is 0 Å². The monoisotopic (exact) mass is 431 g/mol. The summed E-state index contributed by atoms with van der Waals surface area (Å²) >= 11 is 0. The molecule has 168 valence electrons. The molecule has 0 saturated heterocycles. The molecular weight excluding hydrogens is 402 g/mol. The number of aromatic hydroxyl groups is 1. The van der Waals surface area contributed by atoms with Gasteiger partial charge in [0.1, 0.15) is 17.0 Å². The third-order valence-corrected chi connectivity index (χ3v) is 3.69. The number of nitrogens with two attached hydrogens (primary N) is 1. The molecule has 0 saturated carbocycles. The molecule has 0 heterocycles. The van der Waals surface area contributed by atoms with Gasteiger partial charge in [-0.3, -0.25) is 4.89 Å². The molecule has 31 heavy (non-hydrogen) atoms. The smallest absolute Gasteiger partial charge is 0.468 e. The molecule has 9 heteroatoms. The third kappa shape index (κ3) is 7.78. The van der Waals surface area contributed by atoms with Gasteiger partial charge in [0.2, 0.25) is 5.96 Å². The SMILES string of the molecule is CC(C)(C)OOC(=O)/N=C(\N)N(Cc1ccc2cc(O)ccc2c1)C(=O)OC(C)(C)C. The molecule has 0 aliphatic rings. The van der Waals surface area contributed by atoms with Crippen molar-refractivity contribution in [3.63, 3.8) is 0 Å². The van der Waals surface area contributed by atoms with Crippen molar-refractivity contribution in [3.05, 3.63) is 42.0 Å². The number of hydrogen-bond acceptors (Lipinski definition) is 6. The summed E-state index contributed by atoms with van der Waals surface area (Å²) in [7, 11) is 0. The second-order valence-electron chi connectivity index (χ2n) is 8.95. The maximum absolute atomic E-state index is 12.7. The highest BCUT2D eigenvalue weighted by atomic mass is 17.2. The number of phenols is 1. The standard InChI is InChI=1S/C22H29N3O6/c1-21(2,3)29-20(28)25(18(23)24-19(27)30-31-22(4,5)6)13-14-7-8-16-12-17(26)10-9-15(16)11-14/h7-12,26H,13H2,1-6H3,(H2,23,24,27). The lowest BCUT2D eigenvalue weighted by Crippen LogP contribution is -2.44.